The van der Waals surface area contributed by atoms with Gasteiger partial charge >= 0.3 is 5.97 Å². The second kappa shape index (κ2) is 19.6. The number of hydrogen-bond donors (Lipinski definition) is 0. The number of carbonyl (C=O) groups is 1. The van der Waals surface area contributed by atoms with Gasteiger partial charge in [0.25, 0.3) is 0 Å². The quantitative estimate of drug-likeness (QED) is 0.120. The van der Waals surface area contributed by atoms with Crippen molar-refractivity contribution in [2.75, 3.05) is 0 Å². The first-order valence-electron chi connectivity index (χ1n) is 13.1. The Kier molecular flexibility index (Phi) is 17.5. The van der Waals surface area contributed by atoms with E-state index in [2.05, 4.69) is 26.0 Å². The molecule has 0 heterocycles. The summed E-state index contributed by atoms with van der Waals surface area (Å²) in [7, 11) is 0. The molecule has 0 aliphatic rings. The minimum Gasteiger partial charge on any atom is -0.427 e. The van der Waals surface area contributed by atoms with Gasteiger partial charge in [0, 0.05) is 6.42 Å². The zero-order valence-electron chi connectivity index (χ0n) is 20.1. The topological polar surface area (TPSA) is 26.3 Å². The van der Waals surface area contributed by atoms with Crippen LogP contribution < -0.4 is 4.74 Å². The number of aryl methyl sites for hydroxylation is 1. The van der Waals surface area contributed by atoms with E-state index in [1.165, 1.54) is 102 Å². The number of benzene rings is 1. The molecule has 0 aliphatic heterocycles. The van der Waals surface area contributed by atoms with Gasteiger partial charge in [-0.2, -0.15) is 0 Å². The van der Waals surface area contributed by atoms with Crippen LogP contribution in [0.3, 0.4) is 0 Å². The van der Waals surface area contributed by atoms with E-state index in [1.807, 2.05) is 12.1 Å². The molecule has 30 heavy (non-hydrogen) atoms. The van der Waals surface area contributed by atoms with E-state index < -0.39 is 0 Å². The standard InChI is InChI=1S/C28H48O2/c1-3-5-7-9-11-13-15-17-19-21-28(29)30-27-24-22-26(23-25-27)20-18-16-14-12-10-8-6-4-2/h22-25H,3-21H2,1-2H3. The number of unbranched alkanes of at least 4 members (excludes halogenated alkanes) is 15. The highest BCUT2D eigenvalue weighted by atomic mass is 16.5. The molecule has 0 aliphatic carbocycles. The van der Waals surface area contributed by atoms with Crippen LogP contribution in [0.25, 0.3) is 0 Å². The highest BCUT2D eigenvalue weighted by Crippen LogP contribution is 2.17. The number of carbonyl (C=O) groups excluding carboxylic acids is 1. The fourth-order valence-electron chi connectivity index (χ4n) is 3.95. The summed E-state index contributed by atoms with van der Waals surface area (Å²) in [6.45, 7) is 4.52. The predicted octanol–water partition coefficient (Wildman–Crippen LogP) is 9.20. The summed E-state index contributed by atoms with van der Waals surface area (Å²) in [5.74, 6) is 0.601. The van der Waals surface area contributed by atoms with Crippen LogP contribution in [0.2, 0.25) is 0 Å². The van der Waals surface area contributed by atoms with Gasteiger partial charge in [-0.25, -0.2) is 0 Å². The van der Waals surface area contributed by atoms with Crippen molar-refractivity contribution < 1.29 is 9.53 Å². The molecule has 0 radical (unpaired) electrons. The average molecular weight is 417 g/mol. The smallest absolute Gasteiger partial charge is 0.311 e. The van der Waals surface area contributed by atoms with Gasteiger partial charge < -0.3 is 4.74 Å². The number of hydrogen-bond acceptors (Lipinski definition) is 2. The highest BCUT2D eigenvalue weighted by Gasteiger charge is 2.05. The largest absolute Gasteiger partial charge is 0.427 e. The molecule has 1 aromatic rings. The maximum atomic E-state index is 12.0. The molecule has 0 atom stereocenters. The average Bonchev–Trinajstić information content (AvgIpc) is 2.75. The lowest BCUT2D eigenvalue weighted by atomic mass is 10.0. The Hall–Kier alpha value is -1.31. The number of ether oxygens (including phenoxy) is 1. The second-order valence-corrected chi connectivity index (χ2v) is 8.92. The molecular formula is C28H48O2. The molecule has 2 heteroatoms. The van der Waals surface area contributed by atoms with E-state index in [1.54, 1.807) is 0 Å². The molecule has 0 amide bonds. The normalized spacial score (nSPS) is 11.0. The van der Waals surface area contributed by atoms with Crippen molar-refractivity contribution in [1.82, 2.24) is 0 Å². The second-order valence-electron chi connectivity index (χ2n) is 8.92. The maximum absolute atomic E-state index is 12.0. The lowest BCUT2D eigenvalue weighted by Crippen LogP contribution is -2.07. The molecule has 0 saturated heterocycles. The van der Waals surface area contributed by atoms with Crippen molar-refractivity contribution in [1.29, 1.82) is 0 Å². The van der Waals surface area contributed by atoms with Crippen molar-refractivity contribution in [2.24, 2.45) is 0 Å². The first kappa shape index (κ1) is 26.7. The summed E-state index contributed by atoms with van der Waals surface area (Å²) in [6, 6.07) is 8.13. The first-order valence-corrected chi connectivity index (χ1v) is 13.1. The van der Waals surface area contributed by atoms with E-state index in [0.29, 0.717) is 12.2 Å². The van der Waals surface area contributed by atoms with Crippen LogP contribution in [0.15, 0.2) is 24.3 Å². The third-order valence-electron chi connectivity index (χ3n) is 5.96. The lowest BCUT2D eigenvalue weighted by molar-refractivity contribution is -0.134. The Morgan fingerprint density at radius 1 is 0.600 bits per heavy atom. The molecule has 172 valence electrons. The zero-order chi connectivity index (χ0) is 21.7. The van der Waals surface area contributed by atoms with Crippen LogP contribution in [0, 0.1) is 0 Å². The molecule has 0 spiro atoms. The Labute approximate surface area is 187 Å². The molecule has 0 saturated carbocycles. The fraction of sp³-hybridized carbons (Fsp3) is 0.750. The molecule has 1 aromatic carbocycles. The Morgan fingerprint density at radius 2 is 1.03 bits per heavy atom. The molecule has 0 unspecified atom stereocenters. The van der Waals surface area contributed by atoms with E-state index >= 15 is 0 Å². The zero-order valence-corrected chi connectivity index (χ0v) is 20.1. The molecule has 0 aromatic heterocycles. The van der Waals surface area contributed by atoms with Gasteiger partial charge in [0.2, 0.25) is 0 Å². The number of esters is 1. The third kappa shape index (κ3) is 15.5. The molecule has 0 N–H and O–H groups in total. The van der Waals surface area contributed by atoms with Gasteiger partial charge in [-0.05, 0) is 37.0 Å². The molecule has 0 bridgehead atoms. The van der Waals surface area contributed by atoms with Crippen molar-refractivity contribution in [2.45, 2.75) is 136 Å². The Morgan fingerprint density at radius 3 is 1.53 bits per heavy atom. The molecular weight excluding hydrogens is 368 g/mol. The van der Waals surface area contributed by atoms with Gasteiger partial charge in [0.1, 0.15) is 5.75 Å². The van der Waals surface area contributed by atoms with Crippen LogP contribution in [0.1, 0.15) is 135 Å². The summed E-state index contributed by atoms with van der Waals surface area (Å²) in [4.78, 5) is 12.0. The van der Waals surface area contributed by atoms with Crippen molar-refractivity contribution in [3.05, 3.63) is 29.8 Å². The fourth-order valence-corrected chi connectivity index (χ4v) is 3.95. The van der Waals surface area contributed by atoms with E-state index in [0.717, 1.165) is 19.3 Å². The number of rotatable bonds is 20. The van der Waals surface area contributed by atoms with Gasteiger partial charge in [0.05, 0.1) is 0 Å². The molecule has 0 fully saturated rings. The van der Waals surface area contributed by atoms with Crippen molar-refractivity contribution in [3.8, 4) is 5.75 Å². The first-order chi connectivity index (χ1) is 14.8. The summed E-state index contributed by atoms with van der Waals surface area (Å²) >= 11 is 0. The Bertz CT molecular complexity index is 506. The van der Waals surface area contributed by atoms with Crippen LogP contribution in [0.4, 0.5) is 0 Å². The summed E-state index contributed by atoms with van der Waals surface area (Å²) in [5.41, 5.74) is 1.35. The minimum absolute atomic E-state index is 0.0891. The summed E-state index contributed by atoms with van der Waals surface area (Å²) < 4.78 is 5.49. The van der Waals surface area contributed by atoms with Crippen molar-refractivity contribution in [3.63, 3.8) is 0 Å². The lowest BCUT2D eigenvalue weighted by Gasteiger charge is -2.06. The van der Waals surface area contributed by atoms with Crippen LogP contribution in [-0.2, 0) is 11.2 Å². The van der Waals surface area contributed by atoms with Gasteiger partial charge in [-0.1, -0.05) is 122 Å². The van der Waals surface area contributed by atoms with E-state index in [9.17, 15) is 4.79 Å². The van der Waals surface area contributed by atoms with Gasteiger partial charge in [-0.15, -0.1) is 0 Å². The summed E-state index contributed by atoms with van der Waals surface area (Å²) in [5, 5.41) is 0. The van der Waals surface area contributed by atoms with Crippen LogP contribution in [0.5, 0.6) is 5.75 Å². The highest BCUT2D eigenvalue weighted by molar-refractivity contribution is 5.72. The monoisotopic (exact) mass is 416 g/mol. The van der Waals surface area contributed by atoms with Crippen LogP contribution in [-0.4, -0.2) is 5.97 Å². The van der Waals surface area contributed by atoms with Gasteiger partial charge in [-0.3, -0.25) is 4.79 Å². The Balaban J connectivity index is 2.02. The SMILES string of the molecule is CCCCCCCCCCCC(=O)Oc1ccc(CCCCCCCCCC)cc1. The van der Waals surface area contributed by atoms with E-state index in [4.69, 9.17) is 4.74 Å². The van der Waals surface area contributed by atoms with Crippen LogP contribution >= 0.6 is 0 Å². The van der Waals surface area contributed by atoms with Gasteiger partial charge in [0.15, 0.2) is 0 Å². The van der Waals surface area contributed by atoms with E-state index in [-0.39, 0.29) is 5.97 Å². The summed E-state index contributed by atoms with van der Waals surface area (Å²) in [6.07, 6.45) is 23.9. The predicted molar refractivity (Wildman–Crippen MR) is 130 cm³/mol. The van der Waals surface area contributed by atoms with Crippen molar-refractivity contribution >= 4 is 5.97 Å². The molecule has 2 nitrogen and oxygen atoms in total. The third-order valence-corrected chi connectivity index (χ3v) is 5.96. The molecule has 1 rings (SSSR count). The maximum Gasteiger partial charge on any atom is 0.311 e. The minimum atomic E-state index is -0.0891.